The van der Waals surface area contributed by atoms with E-state index in [4.69, 9.17) is 9.47 Å². The molecule has 0 atom stereocenters. The zero-order valence-corrected chi connectivity index (χ0v) is 12.0. The molecule has 0 saturated carbocycles. The number of rotatable bonds is 3. The maximum atomic E-state index is 12.8. The number of ether oxygens (including phenoxy) is 2. The summed E-state index contributed by atoms with van der Waals surface area (Å²) in [5, 5.41) is 9.24. The van der Waals surface area contributed by atoms with E-state index in [1.165, 1.54) is 0 Å². The molecule has 0 spiro atoms. The number of aryl methyl sites for hydroxylation is 1. The third-order valence-corrected chi connectivity index (χ3v) is 3.85. The summed E-state index contributed by atoms with van der Waals surface area (Å²) in [5.74, 6) is 1.20. The van der Waals surface area contributed by atoms with Crippen LogP contribution in [0.1, 0.15) is 27.2 Å². The summed E-state index contributed by atoms with van der Waals surface area (Å²) < 4.78 is 12.5. The Balaban J connectivity index is 2.17. The van der Waals surface area contributed by atoms with E-state index in [1.807, 2.05) is 10.8 Å². The molecule has 0 bridgehead atoms. The molecule has 0 amide bonds. The Kier molecular flexibility index (Phi) is 3.43. The second-order valence-corrected chi connectivity index (χ2v) is 5.02. The Morgan fingerprint density at radius 2 is 2.05 bits per heavy atom. The van der Waals surface area contributed by atoms with Gasteiger partial charge in [-0.15, -0.1) is 0 Å². The molecule has 5 heteroatoms. The first kappa shape index (κ1) is 13.7. The van der Waals surface area contributed by atoms with Crippen LogP contribution in [0.15, 0.2) is 24.4 Å². The average molecular weight is 287 g/mol. The molecule has 0 fully saturated rings. The smallest absolute Gasteiger partial charge is 0.209 e. The minimum atomic E-state index is -0.0700. The largest absolute Gasteiger partial charge is 0.497 e. The van der Waals surface area contributed by atoms with Crippen molar-refractivity contribution >= 4 is 5.78 Å². The third kappa shape index (κ3) is 2.19. The summed E-state index contributed by atoms with van der Waals surface area (Å²) in [6.45, 7) is 0.609. The van der Waals surface area contributed by atoms with Gasteiger partial charge in [-0.25, -0.2) is 0 Å². The summed E-state index contributed by atoms with van der Waals surface area (Å²) in [7, 11) is 3.16. The summed E-state index contributed by atoms with van der Waals surface area (Å²) in [5.41, 5.74) is 2.84. The van der Waals surface area contributed by atoms with Crippen LogP contribution < -0.4 is 9.47 Å². The van der Waals surface area contributed by atoms with E-state index in [0.29, 0.717) is 35.7 Å². The van der Waals surface area contributed by atoms with Crippen molar-refractivity contribution in [3.8, 4) is 11.5 Å². The first-order valence-electron chi connectivity index (χ1n) is 6.77. The standard InChI is InChI=1S/C16H17NO4/c1-20-11-6-13-12(15(7-11)21-2)3-4-17-8-10(9-18)5-14(17)16(13)19/h5-8,18H,3-4,9H2,1-2H3. The van der Waals surface area contributed by atoms with Crippen molar-refractivity contribution in [1.29, 1.82) is 0 Å². The van der Waals surface area contributed by atoms with E-state index in [-0.39, 0.29) is 12.4 Å². The minimum absolute atomic E-state index is 0.0679. The highest BCUT2D eigenvalue weighted by molar-refractivity contribution is 6.10. The molecule has 110 valence electrons. The van der Waals surface area contributed by atoms with Crippen LogP contribution in [0.5, 0.6) is 11.5 Å². The van der Waals surface area contributed by atoms with Crippen LogP contribution >= 0.6 is 0 Å². The molecule has 1 aromatic heterocycles. The lowest BCUT2D eigenvalue weighted by Crippen LogP contribution is -2.07. The number of hydrogen-bond acceptors (Lipinski definition) is 4. The normalized spacial score (nSPS) is 13.4. The molecular weight excluding hydrogens is 270 g/mol. The number of carbonyl (C=O) groups excluding carboxylic acids is 1. The number of carbonyl (C=O) groups is 1. The van der Waals surface area contributed by atoms with Crippen LogP contribution in [0.3, 0.4) is 0 Å². The summed E-state index contributed by atoms with van der Waals surface area (Å²) in [6, 6.07) is 5.29. The maximum absolute atomic E-state index is 12.8. The van der Waals surface area contributed by atoms with Gasteiger partial charge in [-0.3, -0.25) is 4.79 Å². The van der Waals surface area contributed by atoms with E-state index < -0.39 is 0 Å². The number of ketones is 1. The lowest BCUT2D eigenvalue weighted by Gasteiger charge is -2.12. The van der Waals surface area contributed by atoms with Crippen LogP contribution in [-0.2, 0) is 19.6 Å². The van der Waals surface area contributed by atoms with Gasteiger partial charge in [0.2, 0.25) is 5.78 Å². The Morgan fingerprint density at radius 1 is 1.24 bits per heavy atom. The van der Waals surface area contributed by atoms with E-state index in [9.17, 15) is 9.90 Å². The fraction of sp³-hybridized carbons (Fsp3) is 0.312. The van der Waals surface area contributed by atoms with Gasteiger partial charge in [0.05, 0.1) is 26.5 Å². The number of aliphatic hydroxyl groups excluding tert-OH is 1. The van der Waals surface area contributed by atoms with Gasteiger partial charge >= 0.3 is 0 Å². The summed E-state index contributed by atoms with van der Waals surface area (Å²) in [6.07, 6.45) is 2.52. The number of fused-ring (bicyclic) bond motifs is 2. The highest BCUT2D eigenvalue weighted by atomic mass is 16.5. The van der Waals surface area contributed by atoms with E-state index in [2.05, 4.69) is 0 Å². The molecule has 2 heterocycles. The summed E-state index contributed by atoms with van der Waals surface area (Å²) in [4.78, 5) is 12.8. The van der Waals surface area contributed by atoms with Crippen molar-refractivity contribution in [2.45, 2.75) is 19.6 Å². The molecule has 21 heavy (non-hydrogen) atoms. The van der Waals surface area contributed by atoms with E-state index in [1.54, 1.807) is 32.4 Å². The molecule has 2 aromatic rings. The van der Waals surface area contributed by atoms with Crippen molar-refractivity contribution in [1.82, 2.24) is 4.57 Å². The van der Waals surface area contributed by atoms with Crippen molar-refractivity contribution in [2.75, 3.05) is 14.2 Å². The number of hydrogen-bond donors (Lipinski definition) is 1. The predicted octanol–water partition coefficient (Wildman–Crippen LogP) is 1.78. The molecule has 0 saturated heterocycles. The number of aromatic nitrogens is 1. The van der Waals surface area contributed by atoms with E-state index >= 15 is 0 Å². The van der Waals surface area contributed by atoms with Crippen molar-refractivity contribution < 1.29 is 19.4 Å². The number of benzene rings is 1. The molecule has 1 N–H and O–H groups in total. The number of nitrogens with zero attached hydrogens (tertiary/aromatic N) is 1. The van der Waals surface area contributed by atoms with Gasteiger partial charge in [0.1, 0.15) is 11.5 Å². The Bertz CT molecular complexity index is 703. The van der Waals surface area contributed by atoms with Crippen molar-refractivity contribution in [3.05, 3.63) is 46.8 Å². The molecule has 1 aromatic carbocycles. The van der Waals surface area contributed by atoms with Gasteiger partial charge in [0.15, 0.2) is 0 Å². The van der Waals surface area contributed by atoms with Gasteiger partial charge in [0.25, 0.3) is 0 Å². The molecule has 1 aliphatic rings. The SMILES string of the molecule is COc1cc(OC)c2c(c1)C(=O)c1cc(CO)cn1CC2. The van der Waals surface area contributed by atoms with Crippen molar-refractivity contribution in [2.24, 2.45) is 0 Å². The van der Waals surface area contributed by atoms with Gasteiger partial charge < -0.3 is 19.1 Å². The van der Waals surface area contributed by atoms with Gasteiger partial charge in [-0.1, -0.05) is 0 Å². The first-order chi connectivity index (χ1) is 10.2. The second-order valence-electron chi connectivity index (χ2n) is 5.02. The fourth-order valence-corrected chi connectivity index (χ4v) is 2.78. The molecular formula is C16H17NO4. The molecule has 0 unspecified atom stereocenters. The number of aliphatic hydroxyl groups is 1. The van der Waals surface area contributed by atoms with Crippen LogP contribution in [0.2, 0.25) is 0 Å². The zero-order valence-electron chi connectivity index (χ0n) is 12.0. The van der Waals surface area contributed by atoms with Crippen molar-refractivity contribution in [3.63, 3.8) is 0 Å². The van der Waals surface area contributed by atoms with E-state index in [0.717, 1.165) is 11.1 Å². The molecule has 3 rings (SSSR count). The van der Waals surface area contributed by atoms with Crippen LogP contribution in [0, 0.1) is 0 Å². The van der Waals surface area contributed by atoms with Crippen LogP contribution in [0.4, 0.5) is 0 Å². The third-order valence-electron chi connectivity index (χ3n) is 3.85. The highest BCUT2D eigenvalue weighted by Gasteiger charge is 2.25. The van der Waals surface area contributed by atoms with Gasteiger partial charge in [-0.2, -0.15) is 0 Å². The lowest BCUT2D eigenvalue weighted by molar-refractivity contribution is 0.103. The summed E-state index contributed by atoms with van der Waals surface area (Å²) >= 11 is 0. The van der Waals surface area contributed by atoms with Gasteiger partial charge in [0, 0.05) is 29.9 Å². The average Bonchev–Trinajstić information content (AvgIpc) is 2.89. The minimum Gasteiger partial charge on any atom is -0.497 e. The molecule has 1 aliphatic heterocycles. The Labute approximate surface area is 122 Å². The highest BCUT2D eigenvalue weighted by Crippen LogP contribution is 2.33. The molecule has 0 aliphatic carbocycles. The fourth-order valence-electron chi connectivity index (χ4n) is 2.78. The molecule has 0 radical (unpaired) electrons. The quantitative estimate of drug-likeness (QED) is 0.935. The predicted molar refractivity (Wildman–Crippen MR) is 77.0 cm³/mol. The maximum Gasteiger partial charge on any atom is 0.209 e. The van der Waals surface area contributed by atoms with Gasteiger partial charge in [-0.05, 0) is 24.1 Å². The monoisotopic (exact) mass is 287 g/mol. The zero-order chi connectivity index (χ0) is 15.0. The Hall–Kier alpha value is -2.27. The number of methoxy groups -OCH3 is 2. The first-order valence-corrected chi connectivity index (χ1v) is 6.77. The Morgan fingerprint density at radius 3 is 2.71 bits per heavy atom. The van der Waals surface area contributed by atoms with Crippen LogP contribution in [-0.4, -0.2) is 29.7 Å². The topological polar surface area (TPSA) is 60.7 Å². The second kappa shape index (κ2) is 5.26. The molecule has 5 nitrogen and oxygen atoms in total. The lowest BCUT2D eigenvalue weighted by atomic mass is 9.99. The van der Waals surface area contributed by atoms with Crippen LogP contribution in [0.25, 0.3) is 0 Å².